The van der Waals surface area contributed by atoms with E-state index in [0.717, 1.165) is 73.8 Å². The zero-order valence-electron chi connectivity index (χ0n) is 28.6. The van der Waals surface area contributed by atoms with Gasteiger partial charge in [-0.15, -0.1) is 0 Å². The summed E-state index contributed by atoms with van der Waals surface area (Å²) in [5.74, 6) is -0.787. The standard InChI is InChI=1S/C35H51N3O8S2/c1-6-28(15-13-24-46-27-32(39)37-21-11-7-8-12-23-38-33(40)18-19-34(38)41)14-9-10-20-35(2,3)30-26-29(47-44-4)16-17-31(30)36-22-25-48(42,43)45-5/h6,9-10,14,16-19,26,36H,1,7-8,11-13,15,20-25,27H2,2-5H3,(H,37,39)/b10-9+,28-14-. The predicted octanol–water partition coefficient (Wildman–Crippen LogP) is 5.46. The molecule has 11 nitrogen and oxygen atoms in total. The molecule has 266 valence electrons. The second-order valence-corrected chi connectivity index (χ2v) is 14.7. The largest absolute Gasteiger partial charge is 0.384 e. The summed E-state index contributed by atoms with van der Waals surface area (Å²) in [4.78, 5) is 37.3. The van der Waals surface area contributed by atoms with Crippen LogP contribution in [0.2, 0.25) is 0 Å². The number of hydrogen-bond acceptors (Lipinski definition) is 10. The highest BCUT2D eigenvalue weighted by Gasteiger charge is 2.24. The van der Waals surface area contributed by atoms with E-state index < -0.39 is 10.1 Å². The first-order valence-corrected chi connectivity index (χ1v) is 18.5. The number of amides is 3. The topological polar surface area (TPSA) is 140 Å². The van der Waals surface area contributed by atoms with Crippen molar-refractivity contribution in [1.82, 2.24) is 10.2 Å². The van der Waals surface area contributed by atoms with Gasteiger partial charge in [-0.1, -0.05) is 57.6 Å². The molecule has 0 saturated carbocycles. The third kappa shape index (κ3) is 15.3. The van der Waals surface area contributed by atoms with Gasteiger partial charge in [-0.05, 0) is 66.9 Å². The molecule has 1 aliphatic heterocycles. The van der Waals surface area contributed by atoms with Gasteiger partial charge in [-0.2, -0.15) is 8.42 Å². The first kappa shape index (κ1) is 40.9. The Labute approximate surface area is 290 Å². The van der Waals surface area contributed by atoms with Crippen molar-refractivity contribution >= 4 is 45.6 Å². The minimum absolute atomic E-state index is 0.0113. The first-order valence-electron chi connectivity index (χ1n) is 16.2. The molecular weight excluding hydrogens is 655 g/mol. The number of anilines is 1. The van der Waals surface area contributed by atoms with E-state index in [-0.39, 0.29) is 42.0 Å². The molecule has 1 aromatic carbocycles. The second-order valence-electron chi connectivity index (χ2n) is 11.9. The molecule has 0 unspecified atom stereocenters. The molecule has 3 amide bonds. The average molecular weight is 706 g/mol. The highest BCUT2D eigenvalue weighted by Crippen LogP contribution is 2.36. The molecule has 1 heterocycles. The van der Waals surface area contributed by atoms with Gasteiger partial charge in [0, 0.05) is 61.0 Å². The highest BCUT2D eigenvalue weighted by molar-refractivity contribution is 7.94. The Morgan fingerprint density at radius 2 is 1.77 bits per heavy atom. The van der Waals surface area contributed by atoms with Crippen molar-refractivity contribution in [3.63, 3.8) is 0 Å². The number of rotatable bonds is 25. The predicted molar refractivity (Wildman–Crippen MR) is 191 cm³/mol. The Hall–Kier alpha value is -3.23. The number of nitrogens with zero attached hydrogens (tertiary/aromatic N) is 1. The van der Waals surface area contributed by atoms with Crippen LogP contribution in [0.1, 0.15) is 64.4 Å². The number of unbranched alkanes of at least 4 members (excludes halogenated alkanes) is 3. The third-order valence-corrected chi connectivity index (χ3v) is 9.50. The maximum absolute atomic E-state index is 12.1. The van der Waals surface area contributed by atoms with Crippen LogP contribution < -0.4 is 10.6 Å². The quantitative estimate of drug-likeness (QED) is 0.0443. The summed E-state index contributed by atoms with van der Waals surface area (Å²) < 4.78 is 38.9. The molecule has 0 saturated heterocycles. The Balaban J connectivity index is 1.70. The molecule has 13 heteroatoms. The molecule has 0 aromatic heterocycles. The molecule has 0 aliphatic carbocycles. The monoisotopic (exact) mass is 705 g/mol. The number of ether oxygens (including phenoxy) is 1. The van der Waals surface area contributed by atoms with Gasteiger partial charge in [-0.3, -0.25) is 23.5 Å². The number of hydrogen-bond donors (Lipinski definition) is 2. The molecule has 0 atom stereocenters. The van der Waals surface area contributed by atoms with E-state index in [4.69, 9.17) is 8.92 Å². The van der Waals surface area contributed by atoms with Gasteiger partial charge in [0.05, 0.1) is 20.0 Å². The molecule has 1 aliphatic rings. The van der Waals surface area contributed by atoms with Crippen LogP contribution in [-0.2, 0) is 43.0 Å². The summed E-state index contributed by atoms with van der Waals surface area (Å²) in [6.45, 7) is 9.88. The lowest BCUT2D eigenvalue weighted by Gasteiger charge is -2.27. The molecule has 0 radical (unpaired) electrons. The summed E-state index contributed by atoms with van der Waals surface area (Å²) in [6.07, 6.45) is 16.2. The van der Waals surface area contributed by atoms with Gasteiger partial charge in [-0.25, -0.2) is 0 Å². The van der Waals surface area contributed by atoms with E-state index in [1.807, 2.05) is 30.4 Å². The van der Waals surface area contributed by atoms with E-state index in [1.54, 1.807) is 7.11 Å². The highest BCUT2D eigenvalue weighted by atomic mass is 32.2. The Morgan fingerprint density at radius 1 is 1.04 bits per heavy atom. The van der Waals surface area contributed by atoms with Crippen molar-refractivity contribution in [2.45, 2.75) is 69.1 Å². The summed E-state index contributed by atoms with van der Waals surface area (Å²) in [7, 11) is -0.784. The van der Waals surface area contributed by atoms with Gasteiger partial charge < -0.3 is 19.6 Å². The summed E-state index contributed by atoms with van der Waals surface area (Å²) in [6, 6.07) is 5.93. The average Bonchev–Trinajstić information content (AvgIpc) is 3.38. The summed E-state index contributed by atoms with van der Waals surface area (Å²) in [5, 5.41) is 6.11. The SMILES string of the molecule is C=C/C(=C/C=C/CC(C)(C)c1cc(SOC)ccc1NCCS(=O)(=O)OC)CCCOCC(=O)NCCCCCCN1C(=O)C=CC1=O. The lowest BCUT2D eigenvalue weighted by Crippen LogP contribution is -2.31. The third-order valence-electron chi connectivity index (χ3n) is 7.68. The van der Waals surface area contributed by atoms with Gasteiger partial charge >= 0.3 is 0 Å². The van der Waals surface area contributed by atoms with Crippen LogP contribution in [0.5, 0.6) is 0 Å². The molecule has 48 heavy (non-hydrogen) atoms. The van der Waals surface area contributed by atoms with Crippen molar-refractivity contribution in [2.75, 3.05) is 58.1 Å². The lowest BCUT2D eigenvalue weighted by atomic mass is 9.80. The zero-order chi connectivity index (χ0) is 35.4. The summed E-state index contributed by atoms with van der Waals surface area (Å²) >= 11 is 1.27. The normalized spacial score (nSPS) is 13.9. The van der Waals surface area contributed by atoms with E-state index in [0.29, 0.717) is 19.7 Å². The number of carbonyl (C=O) groups excluding carboxylic acids is 3. The van der Waals surface area contributed by atoms with Crippen LogP contribution >= 0.6 is 12.0 Å². The second kappa shape index (κ2) is 21.7. The Morgan fingerprint density at radius 3 is 2.46 bits per heavy atom. The van der Waals surface area contributed by atoms with Crippen molar-refractivity contribution < 1.29 is 35.9 Å². The molecule has 0 spiro atoms. The van der Waals surface area contributed by atoms with Crippen LogP contribution in [0.3, 0.4) is 0 Å². The Kier molecular flexibility index (Phi) is 18.5. The van der Waals surface area contributed by atoms with Crippen LogP contribution in [0, 0.1) is 0 Å². The van der Waals surface area contributed by atoms with E-state index in [9.17, 15) is 22.8 Å². The molecule has 1 aromatic rings. The number of nitrogens with one attached hydrogen (secondary N) is 2. The van der Waals surface area contributed by atoms with Crippen LogP contribution in [0.15, 0.2) is 71.7 Å². The lowest BCUT2D eigenvalue weighted by molar-refractivity contribution is -0.136. The van der Waals surface area contributed by atoms with E-state index >= 15 is 0 Å². The van der Waals surface area contributed by atoms with Crippen molar-refractivity contribution in [2.24, 2.45) is 0 Å². The number of imide groups is 1. The summed E-state index contributed by atoms with van der Waals surface area (Å²) in [5.41, 5.74) is 2.69. The smallest absolute Gasteiger partial charge is 0.268 e. The van der Waals surface area contributed by atoms with Gasteiger partial charge in [0.15, 0.2) is 0 Å². The molecule has 2 N–H and O–H groups in total. The van der Waals surface area contributed by atoms with Crippen LogP contribution in [-0.4, -0.2) is 83.9 Å². The van der Waals surface area contributed by atoms with Gasteiger partial charge in [0.25, 0.3) is 21.9 Å². The molecule has 2 rings (SSSR count). The maximum atomic E-state index is 12.1. The minimum atomic E-state index is -3.56. The fourth-order valence-corrected chi connectivity index (χ4v) is 5.92. The van der Waals surface area contributed by atoms with Crippen molar-refractivity contribution in [1.29, 1.82) is 0 Å². The fraction of sp³-hybridized carbons (Fsp3) is 0.514. The van der Waals surface area contributed by atoms with E-state index in [2.05, 4.69) is 47.4 Å². The minimum Gasteiger partial charge on any atom is -0.384 e. The fourth-order valence-electron chi connectivity index (χ4n) is 4.92. The van der Waals surface area contributed by atoms with Gasteiger partial charge in [0.2, 0.25) is 5.91 Å². The van der Waals surface area contributed by atoms with Gasteiger partial charge in [0.1, 0.15) is 6.61 Å². The Bertz CT molecular complexity index is 1400. The molecular formula is C35H51N3O8S2. The molecule has 0 fully saturated rings. The first-order chi connectivity index (χ1) is 22.9. The maximum Gasteiger partial charge on any atom is 0.268 e. The number of benzene rings is 1. The number of carbonyl (C=O) groups is 3. The molecule has 0 bridgehead atoms. The van der Waals surface area contributed by atoms with Crippen molar-refractivity contribution in [3.8, 4) is 0 Å². The van der Waals surface area contributed by atoms with E-state index in [1.165, 1.54) is 29.1 Å². The zero-order valence-corrected chi connectivity index (χ0v) is 30.3. The van der Waals surface area contributed by atoms with Crippen molar-refractivity contribution in [3.05, 3.63) is 72.4 Å². The van der Waals surface area contributed by atoms with Crippen LogP contribution in [0.25, 0.3) is 0 Å². The number of allylic oxidation sites excluding steroid dienone is 5. The van der Waals surface area contributed by atoms with Crippen LogP contribution in [0.4, 0.5) is 5.69 Å².